The van der Waals surface area contributed by atoms with Gasteiger partial charge < -0.3 is 5.32 Å². The average Bonchev–Trinajstić information content (AvgIpc) is 2.63. The van der Waals surface area contributed by atoms with Gasteiger partial charge in [0.2, 0.25) is 15.9 Å². The van der Waals surface area contributed by atoms with Gasteiger partial charge in [0.15, 0.2) is 0 Å². The molecule has 1 N–H and O–H groups in total. The molecule has 0 aliphatic carbocycles. The predicted octanol–water partition coefficient (Wildman–Crippen LogP) is 3.07. The largest absolute Gasteiger partial charge is 0.352 e. The van der Waals surface area contributed by atoms with Crippen LogP contribution in [0.1, 0.15) is 29.5 Å². The van der Waals surface area contributed by atoms with Crippen molar-refractivity contribution in [3.63, 3.8) is 0 Å². The molecule has 0 fully saturated rings. The van der Waals surface area contributed by atoms with E-state index in [0.717, 1.165) is 21.7 Å². The van der Waals surface area contributed by atoms with Gasteiger partial charge in [-0.05, 0) is 31.4 Å². The molecule has 1 amide bonds. The minimum Gasteiger partial charge on any atom is -0.352 e. The predicted molar refractivity (Wildman–Crippen MR) is 112 cm³/mol. The molecule has 156 valence electrons. The summed E-state index contributed by atoms with van der Waals surface area (Å²) in [5.41, 5.74) is 2.76. The van der Waals surface area contributed by atoms with E-state index in [9.17, 15) is 23.3 Å². The van der Waals surface area contributed by atoms with Gasteiger partial charge in [-0.15, -0.1) is 0 Å². The summed E-state index contributed by atoms with van der Waals surface area (Å²) in [6.45, 7) is 4.12. The molecule has 2 aromatic carbocycles. The molecule has 9 heteroatoms. The minimum absolute atomic E-state index is 0.0543. The summed E-state index contributed by atoms with van der Waals surface area (Å²) in [6, 6.07) is 11.9. The fourth-order valence-corrected chi connectivity index (χ4v) is 3.95. The molecule has 8 nitrogen and oxygen atoms in total. The summed E-state index contributed by atoms with van der Waals surface area (Å²) in [4.78, 5) is 22.6. The molecular formula is C20H25N3O5S. The first-order valence-electron chi connectivity index (χ1n) is 9.13. The molecule has 2 aromatic rings. The van der Waals surface area contributed by atoms with E-state index in [1.807, 2.05) is 31.2 Å². The SMILES string of the molecule is Cc1cccc(CNC(=O)CCCN(c2cc([N+](=O)[O-])ccc2C)S(C)(=O)=O)c1. The Labute approximate surface area is 170 Å². The Morgan fingerprint density at radius 2 is 1.90 bits per heavy atom. The molecule has 29 heavy (non-hydrogen) atoms. The van der Waals surface area contributed by atoms with Crippen LogP contribution in [0.25, 0.3) is 0 Å². The van der Waals surface area contributed by atoms with E-state index in [1.54, 1.807) is 6.92 Å². The Bertz CT molecular complexity index is 1000. The first kappa shape index (κ1) is 22.4. The third-order valence-corrected chi connectivity index (χ3v) is 5.59. The molecule has 0 aliphatic heterocycles. The van der Waals surface area contributed by atoms with Crippen LogP contribution in [-0.2, 0) is 21.4 Å². The van der Waals surface area contributed by atoms with Crippen LogP contribution in [0.4, 0.5) is 11.4 Å². The monoisotopic (exact) mass is 419 g/mol. The van der Waals surface area contributed by atoms with Crippen molar-refractivity contribution in [3.05, 3.63) is 69.3 Å². The number of non-ortho nitro benzene ring substituents is 1. The van der Waals surface area contributed by atoms with E-state index in [1.165, 1.54) is 18.2 Å². The Hall–Kier alpha value is -2.94. The van der Waals surface area contributed by atoms with Crippen LogP contribution in [-0.4, -0.2) is 32.0 Å². The van der Waals surface area contributed by atoms with E-state index in [4.69, 9.17) is 0 Å². The number of carbonyl (C=O) groups excluding carboxylic acids is 1. The molecule has 0 bridgehead atoms. The number of carbonyl (C=O) groups is 1. The zero-order valence-corrected chi connectivity index (χ0v) is 17.5. The fraction of sp³-hybridized carbons (Fsp3) is 0.350. The van der Waals surface area contributed by atoms with E-state index >= 15 is 0 Å². The van der Waals surface area contributed by atoms with E-state index in [-0.39, 0.29) is 36.7 Å². The second-order valence-electron chi connectivity index (χ2n) is 6.93. The smallest absolute Gasteiger partial charge is 0.271 e. The number of anilines is 1. The van der Waals surface area contributed by atoms with Crippen LogP contribution in [0, 0.1) is 24.0 Å². The second kappa shape index (κ2) is 9.51. The molecule has 0 saturated heterocycles. The average molecular weight is 420 g/mol. The molecule has 0 atom stereocenters. The molecule has 0 spiro atoms. The number of nitro benzene ring substituents is 1. The number of hydrogen-bond donors (Lipinski definition) is 1. The molecule has 0 aromatic heterocycles. The van der Waals surface area contributed by atoms with Crippen LogP contribution >= 0.6 is 0 Å². The summed E-state index contributed by atoms with van der Waals surface area (Å²) < 4.78 is 25.6. The molecule has 0 radical (unpaired) electrons. The number of nitrogens with zero attached hydrogens (tertiary/aromatic N) is 2. The zero-order chi connectivity index (χ0) is 21.6. The van der Waals surface area contributed by atoms with Crippen LogP contribution in [0.2, 0.25) is 0 Å². The van der Waals surface area contributed by atoms with Crippen molar-refractivity contribution >= 4 is 27.3 Å². The third-order valence-electron chi connectivity index (χ3n) is 4.41. The zero-order valence-electron chi connectivity index (χ0n) is 16.7. The van der Waals surface area contributed by atoms with Crippen molar-refractivity contribution in [2.24, 2.45) is 0 Å². The van der Waals surface area contributed by atoms with Crippen molar-refractivity contribution in [1.82, 2.24) is 5.32 Å². The quantitative estimate of drug-likeness (QED) is 0.496. The minimum atomic E-state index is -3.66. The summed E-state index contributed by atoms with van der Waals surface area (Å²) >= 11 is 0. The number of nitrogens with one attached hydrogen (secondary N) is 1. The lowest BCUT2D eigenvalue weighted by atomic mass is 10.1. The Balaban J connectivity index is 2.01. The Morgan fingerprint density at radius 1 is 1.17 bits per heavy atom. The first-order valence-corrected chi connectivity index (χ1v) is 11.0. The topological polar surface area (TPSA) is 110 Å². The number of sulfonamides is 1. The molecule has 2 rings (SSSR count). The highest BCUT2D eigenvalue weighted by Crippen LogP contribution is 2.27. The maximum absolute atomic E-state index is 12.2. The van der Waals surface area contributed by atoms with Crippen LogP contribution < -0.4 is 9.62 Å². The van der Waals surface area contributed by atoms with E-state index < -0.39 is 14.9 Å². The number of nitro groups is 1. The van der Waals surface area contributed by atoms with Crippen molar-refractivity contribution in [2.75, 3.05) is 17.1 Å². The van der Waals surface area contributed by atoms with Crippen molar-refractivity contribution in [3.8, 4) is 0 Å². The Morgan fingerprint density at radius 3 is 2.52 bits per heavy atom. The lowest BCUT2D eigenvalue weighted by Gasteiger charge is -2.24. The lowest BCUT2D eigenvalue weighted by Crippen LogP contribution is -2.32. The van der Waals surface area contributed by atoms with Gasteiger partial charge in [0.1, 0.15) is 0 Å². The normalized spacial score (nSPS) is 11.1. The van der Waals surface area contributed by atoms with Crippen LogP contribution in [0.5, 0.6) is 0 Å². The van der Waals surface area contributed by atoms with Gasteiger partial charge in [0, 0.05) is 31.6 Å². The van der Waals surface area contributed by atoms with Crippen LogP contribution in [0.3, 0.4) is 0 Å². The van der Waals surface area contributed by atoms with Gasteiger partial charge in [-0.2, -0.15) is 0 Å². The summed E-state index contributed by atoms with van der Waals surface area (Å²) in [5, 5.41) is 13.9. The van der Waals surface area contributed by atoms with Gasteiger partial charge in [0.25, 0.3) is 5.69 Å². The van der Waals surface area contributed by atoms with Crippen molar-refractivity contribution < 1.29 is 18.1 Å². The van der Waals surface area contributed by atoms with Gasteiger partial charge >= 0.3 is 0 Å². The standard InChI is InChI=1S/C20H25N3O5S/c1-15-6-4-7-17(12-15)14-21-20(24)8-5-11-22(29(3,27)28)19-13-18(23(25)26)10-9-16(19)2/h4,6-7,9-10,12-13H,5,8,11,14H2,1-3H3,(H,21,24). The number of benzene rings is 2. The third kappa shape index (κ3) is 6.56. The highest BCUT2D eigenvalue weighted by molar-refractivity contribution is 7.92. The number of hydrogen-bond acceptors (Lipinski definition) is 5. The van der Waals surface area contributed by atoms with E-state index in [2.05, 4.69) is 5.32 Å². The summed E-state index contributed by atoms with van der Waals surface area (Å²) in [5.74, 6) is -0.185. The molecule has 0 saturated carbocycles. The molecular weight excluding hydrogens is 394 g/mol. The molecule has 0 unspecified atom stereocenters. The summed E-state index contributed by atoms with van der Waals surface area (Å²) in [6.07, 6.45) is 1.48. The first-order chi connectivity index (χ1) is 13.6. The fourth-order valence-electron chi connectivity index (χ4n) is 2.94. The van der Waals surface area contributed by atoms with Crippen molar-refractivity contribution in [2.45, 2.75) is 33.2 Å². The number of rotatable bonds is 9. The highest BCUT2D eigenvalue weighted by Gasteiger charge is 2.21. The van der Waals surface area contributed by atoms with E-state index in [0.29, 0.717) is 12.1 Å². The molecule has 0 aliphatic rings. The highest BCUT2D eigenvalue weighted by atomic mass is 32.2. The maximum atomic E-state index is 12.2. The van der Waals surface area contributed by atoms with Gasteiger partial charge in [0.05, 0.1) is 16.9 Å². The Kier molecular flexibility index (Phi) is 7.33. The van der Waals surface area contributed by atoms with Gasteiger partial charge in [-0.25, -0.2) is 8.42 Å². The lowest BCUT2D eigenvalue weighted by molar-refractivity contribution is -0.384. The second-order valence-corrected chi connectivity index (χ2v) is 8.84. The summed E-state index contributed by atoms with van der Waals surface area (Å²) in [7, 11) is -3.66. The number of amides is 1. The van der Waals surface area contributed by atoms with Crippen molar-refractivity contribution in [1.29, 1.82) is 0 Å². The maximum Gasteiger partial charge on any atom is 0.271 e. The number of aryl methyl sites for hydroxylation is 2. The van der Waals surface area contributed by atoms with Gasteiger partial charge in [-0.1, -0.05) is 35.9 Å². The molecule has 0 heterocycles. The van der Waals surface area contributed by atoms with Gasteiger partial charge in [-0.3, -0.25) is 19.2 Å². The van der Waals surface area contributed by atoms with Crippen LogP contribution in [0.15, 0.2) is 42.5 Å².